The zero-order chi connectivity index (χ0) is 39.7. The Bertz CT molecular complexity index is 2770. The van der Waals surface area contributed by atoms with E-state index in [1.165, 1.54) is 117 Å². The van der Waals surface area contributed by atoms with Crippen LogP contribution in [0.2, 0.25) is 0 Å². The predicted octanol–water partition coefficient (Wildman–Crippen LogP) is 15.7. The van der Waals surface area contributed by atoms with Crippen molar-refractivity contribution in [3.05, 3.63) is 174 Å². The van der Waals surface area contributed by atoms with Crippen LogP contribution in [0.1, 0.15) is 94.9 Å². The fraction of sp³-hybridized carbons (Fsp3) is 0.310. The third-order valence-electron chi connectivity index (χ3n) is 16.3. The third kappa shape index (κ3) is 5.35. The molecule has 7 aromatic carbocycles. The molecule has 6 aliphatic rings. The minimum Gasteiger partial charge on any atom is -0.310 e. The van der Waals surface area contributed by atoms with Gasteiger partial charge in [0.05, 0.1) is 0 Å². The van der Waals surface area contributed by atoms with Gasteiger partial charge in [-0.3, -0.25) is 0 Å². The molecule has 0 amide bonds. The van der Waals surface area contributed by atoms with Crippen LogP contribution in [0, 0.1) is 23.7 Å². The molecular formula is C58H55N. The van der Waals surface area contributed by atoms with Crippen molar-refractivity contribution in [2.75, 3.05) is 4.90 Å². The standard InChI is InChI=1S/C58H55N/c1-56(2)26-27-57(3,4)55-35-44(20-25-53(55)56)42-12-9-13-48(34-42)59(47-21-18-40(19-22-47)43-17-16-39-10-5-6-11-41(39)33-43)49-23-24-51-50-14-7-8-15-52(50)58(54(51)36-49)45-29-37-28-38(31-45)32-46(58)30-37/h5-25,33-38,45-46H,26-32H2,1-4H3. The highest BCUT2D eigenvalue weighted by Crippen LogP contribution is 2.69. The van der Waals surface area contributed by atoms with Crippen LogP contribution in [-0.4, -0.2) is 0 Å². The monoisotopic (exact) mass is 765 g/mol. The molecule has 0 radical (unpaired) electrons. The Hall–Kier alpha value is -5.40. The normalized spacial score (nSPS) is 25.2. The van der Waals surface area contributed by atoms with E-state index < -0.39 is 0 Å². The van der Waals surface area contributed by atoms with Gasteiger partial charge in [-0.05, 0) is 188 Å². The molecular weight excluding hydrogens is 711 g/mol. The van der Waals surface area contributed by atoms with E-state index >= 15 is 0 Å². The fourth-order valence-corrected chi connectivity index (χ4v) is 13.5. The number of anilines is 3. The summed E-state index contributed by atoms with van der Waals surface area (Å²) in [6.07, 6.45) is 9.47. The average molecular weight is 766 g/mol. The van der Waals surface area contributed by atoms with Gasteiger partial charge in [0, 0.05) is 22.5 Å². The topological polar surface area (TPSA) is 3.24 Å². The van der Waals surface area contributed by atoms with E-state index in [1.807, 2.05) is 0 Å². The first kappa shape index (κ1) is 35.5. The van der Waals surface area contributed by atoms with Gasteiger partial charge < -0.3 is 4.90 Å². The van der Waals surface area contributed by atoms with Crippen molar-refractivity contribution in [3.8, 4) is 33.4 Å². The quantitative estimate of drug-likeness (QED) is 0.169. The molecule has 1 spiro atoms. The van der Waals surface area contributed by atoms with Crippen LogP contribution in [0.3, 0.4) is 0 Å². The lowest BCUT2D eigenvalue weighted by molar-refractivity contribution is -0.0399. The summed E-state index contributed by atoms with van der Waals surface area (Å²) in [6.45, 7) is 9.72. The minimum absolute atomic E-state index is 0.118. The molecule has 1 heteroatoms. The molecule has 7 aromatic rings. The molecule has 0 N–H and O–H groups in total. The molecule has 292 valence electrons. The van der Waals surface area contributed by atoms with Crippen LogP contribution in [-0.2, 0) is 16.2 Å². The maximum absolute atomic E-state index is 2.64. The van der Waals surface area contributed by atoms with Crippen molar-refractivity contribution in [2.45, 2.75) is 88.9 Å². The predicted molar refractivity (Wildman–Crippen MR) is 248 cm³/mol. The van der Waals surface area contributed by atoms with Gasteiger partial charge in [-0.15, -0.1) is 0 Å². The first-order valence-corrected chi connectivity index (χ1v) is 22.5. The van der Waals surface area contributed by atoms with Gasteiger partial charge in [0.25, 0.3) is 0 Å². The zero-order valence-corrected chi connectivity index (χ0v) is 35.1. The Morgan fingerprint density at radius 2 is 0.983 bits per heavy atom. The van der Waals surface area contributed by atoms with Crippen molar-refractivity contribution in [2.24, 2.45) is 23.7 Å². The van der Waals surface area contributed by atoms with Crippen LogP contribution in [0.15, 0.2) is 152 Å². The number of hydrogen-bond donors (Lipinski definition) is 0. The van der Waals surface area contributed by atoms with Gasteiger partial charge in [0.2, 0.25) is 0 Å². The first-order chi connectivity index (χ1) is 28.7. The van der Waals surface area contributed by atoms with Crippen LogP contribution in [0.4, 0.5) is 17.1 Å². The second-order valence-corrected chi connectivity index (χ2v) is 20.5. The molecule has 0 aromatic heterocycles. The van der Waals surface area contributed by atoms with Gasteiger partial charge in [-0.25, -0.2) is 0 Å². The summed E-state index contributed by atoms with van der Waals surface area (Å²) in [5.74, 6) is 3.30. The SMILES string of the molecule is CC1(C)CCC(C)(C)c2cc(-c3cccc(N(c4ccc(-c5ccc6ccccc6c5)cc4)c4ccc5c(c4)C4(c6ccccc6-5)C5CC6CC(C5)CC4C6)c3)ccc21. The number of rotatable bonds is 5. The molecule has 0 heterocycles. The lowest BCUT2D eigenvalue weighted by Crippen LogP contribution is -2.55. The van der Waals surface area contributed by atoms with Crippen molar-refractivity contribution in [3.63, 3.8) is 0 Å². The summed E-state index contributed by atoms with van der Waals surface area (Å²) in [5, 5.41) is 2.56. The summed E-state index contributed by atoms with van der Waals surface area (Å²) in [4.78, 5) is 2.55. The van der Waals surface area contributed by atoms with Crippen LogP contribution in [0.25, 0.3) is 44.2 Å². The molecule has 4 saturated carbocycles. The van der Waals surface area contributed by atoms with Crippen molar-refractivity contribution < 1.29 is 0 Å². The van der Waals surface area contributed by atoms with Gasteiger partial charge in [-0.1, -0.05) is 137 Å². The smallest absolute Gasteiger partial charge is 0.0467 e. The van der Waals surface area contributed by atoms with Gasteiger partial charge in [-0.2, -0.15) is 0 Å². The summed E-state index contributed by atoms with van der Waals surface area (Å²) < 4.78 is 0. The minimum atomic E-state index is 0.118. The lowest BCUT2D eigenvalue weighted by Gasteiger charge is -2.61. The maximum Gasteiger partial charge on any atom is 0.0467 e. The molecule has 0 unspecified atom stereocenters. The van der Waals surface area contributed by atoms with Crippen molar-refractivity contribution in [1.82, 2.24) is 0 Å². The molecule has 13 rings (SSSR count). The highest BCUT2D eigenvalue weighted by Gasteiger charge is 2.61. The van der Waals surface area contributed by atoms with E-state index in [-0.39, 0.29) is 16.2 Å². The Morgan fingerprint density at radius 3 is 1.76 bits per heavy atom. The summed E-state index contributed by atoms with van der Waals surface area (Å²) in [6, 6.07) is 58.6. The van der Waals surface area contributed by atoms with Gasteiger partial charge >= 0.3 is 0 Å². The summed E-state index contributed by atoms with van der Waals surface area (Å²) in [7, 11) is 0. The van der Waals surface area contributed by atoms with E-state index in [0.29, 0.717) is 0 Å². The van der Waals surface area contributed by atoms with Crippen molar-refractivity contribution in [1.29, 1.82) is 0 Å². The molecule has 0 atom stereocenters. The van der Waals surface area contributed by atoms with Gasteiger partial charge in [0.1, 0.15) is 0 Å². The van der Waals surface area contributed by atoms with E-state index in [0.717, 1.165) is 23.7 Å². The van der Waals surface area contributed by atoms with Gasteiger partial charge in [0.15, 0.2) is 0 Å². The van der Waals surface area contributed by atoms with E-state index in [2.05, 4.69) is 184 Å². The average Bonchev–Trinajstić information content (AvgIpc) is 3.54. The molecule has 6 aliphatic carbocycles. The summed E-state index contributed by atoms with van der Waals surface area (Å²) in [5.41, 5.74) is 18.4. The van der Waals surface area contributed by atoms with Crippen molar-refractivity contribution >= 4 is 27.8 Å². The number of hydrogen-bond acceptors (Lipinski definition) is 1. The van der Waals surface area contributed by atoms with E-state index in [1.54, 1.807) is 11.1 Å². The molecule has 4 fully saturated rings. The Morgan fingerprint density at radius 1 is 0.390 bits per heavy atom. The lowest BCUT2D eigenvalue weighted by atomic mass is 9.43. The van der Waals surface area contributed by atoms with E-state index in [4.69, 9.17) is 0 Å². The molecule has 59 heavy (non-hydrogen) atoms. The summed E-state index contributed by atoms with van der Waals surface area (Å²) >= 11 is 0. The Labute approximate surface area is 351 Å². The maximum atomic E-state index is 2.64. The number of benzene rings is 7. The number of nitrogens with zero attached hydrogens (tertiary/aromatic N) is 1. The second-order valence-electron chi connectivity index (χ2n) is 20.5. The largest absolute Gasteiger partial charge is 0.310 e. The fourth-order valence-electron chi connectivity index (χ4n) is 13.5. The van der Waals surface area contributed by atoms with Crippen LogP contribution < -0.4 is 4.90 Å². The number of fused-ring (bicyclic) bond motifs is 5. The highest BCUT2D eigenvalue weighted by molar-refractivity contribution is 5.89. The van der Waals surface area contributed by atoms with Crippen LogP contribution in [0.5, 0.6) is 0 Å². The highest BCUT2D eigenvalue weighted by atomic mass is 15.1. The molecule has 1 nitrogen and oxygen atoms in total. The third-order valence-corrected chi connectivity index (χ3v) is 16.3. The zero-order valence-electron chi connectivity index (χ0n) is 35.1. The first-order valence-electron chi connectivity index (χ1n) is 22.5. The van der Waals surface area contributed by atoms with Crippen LogP contribution >= 0.6 is 0 Å². The van der Waals surface area contributed by atoms with E-state index in [9.17, 15) is 0 Å². The Balaban J connectivity index is 1.01. The molecule has 4 bridgehead atoms. The molecule has 0 aliphatic heterocycles. The Kier molecular flexibility index (Phi) is 7.71. The second kappa shape index (κ2) is 12.8. The molecule has 0 saturated heterocycles.